The molecular weight excluding hydrogens is 264 g/mol. The molecule has 0 amide bonds. The van der Waals surface area contributed by atoms with E-state index in [1.54, 1.807) is 12.1 Å². The Morgan fingerprint density at radius 3 is 2.20 bits per heavy atom. The lowest BCUT2D eigenvalue weighted by atomic mass is 9.92. The first kappa shape index (κ1) is 11.0. The van der Waals surface area contributed by atoms with Crippen LogP contribution in [0.4, 0.5) is 8.78 Å². The molecule has 1 aromatic carbocycles. The molecule has 82 valence electrons. The van der Waals surface area contributed by atoms with Crippen molar-refractivity contribution in [3.05, 3.63) is 34.3 Å². The van der Waals surface area contributed by atoms with Crippen LogP contribution in [0.5, 0.6) is 0 Å². The first-order chi connectivity index (χ1) is 7.02. The van der Waals surface area contributed by atoms with E-state index in [0.717, 1.165) is 4.47 Å². The second-order valence-corrected chi connectivity index (χ2v) is 4.98. The maximum atomic E-state index is 14.0. The predicted octanol–water partition coefficient (Wildman–Crippen LogP) is 3.28. The Morgan fingerprint density at radius 1 is 1.27 bits per heavy atom. The Balaban J connectivity index is 2.33. The molecule has 0 atom stereocenters. The van der Waals surface area contributed by atoms with E-state index in [0.29, 0.717) is 12.8 Å². The fraction of sp³-hybridized carbons (Fsp3) is 0.455. The highest BCUT2D eigenvalue weighted by Gasteiger charge is 2.61. The Morgan fingerprint density at radius 2 is 1.80 bits per heavy atom. The van der Waals surface area contributed by atoms with Gasteiger partial charge in [0.25, 0.3) is 5.92 Å². The van der Waals surface area contributed by atoms with Crippen LogP contribution in [0.1, 0.15) is 18.4 Å². The van der Waals surface area contributed by atoms with Gasteiger partial charge in [-0.05, 0) is 25.0 Å². The van der Waals surface area contributed by atoms with Crippen LogP contribution in [-0.4, -0.2) is 6.54 Å². The first-order valence-electron chi connectivity index (χ1n) is 4.86. The van der Waals surface area contributed by atoms with Crippen molar-refractivity contribution in [1.82, 2.24) is 0 Å². The molecule has 0 radical (unpaired) electrons. The van der Waals surface area contributed by atoms with E-state index in [2.05, 4.69) is 15.9 Å². The van der Waals surface area contributed by atoms with Gasteiger partial charge in [0.2, 0.25) is 0 Å². The quantitative estimate of drug-likeness (QED) is 0.900. The number of halogens is 3. The zero-order chi connectivity index (χ0) is 11.1. The van der Waals surface area contributed by atoms with Crippen LogP contribution in [-0.2, 0) is 5.92 Å². The van der Waals surface area contributed by atoms with Crippen molar-refractivity contribution in [3.63, 3.8) is 0 Å². The number of nitrogens with two attached hydrogens (primary N) is 1. The number of hydrogen-bond acceptors (Lipinski definition) is 1. The minimum absolute atomic E-state index is 0.0517. The number of rotatable bonds is 3. The van der Waals surface area contributed by atoms with E-state index in [-0.39, 0.29) is 12.1 Å². The second kappa shape index (κ2) is 3.52. The summed E-state index contributed by atoms with van der Waals surface area (Å²) in [6.45, 7) is 0.0517. The lowest BCUT2D eigenvalue weighted by Crippen LogP contribution is -2.33. The molecule has 0 aromatic heterocycles. The van der Waals surface area contributed by atoms with Crippen LogP contribution in [0.3, 0.4) is 0 Å². The fourth-order valence-electron chi connectivity index (χ4n) is 1.76. The average molecular weight is 276 g/mol. The molecule has 0 heterocycles. The summed E-state index contributed by atoms with van der Waals surface area (Å²) in [7, 11) is 0. The maximum absolute atomic E-state index is 14.0. The monoisotopic (exact) mass is 275 g/mol. The zero-order valence-corrected chi connectivity index (χ0v) is 9.73. The largest absolute Gasteiger partial charge is 0.330 e. The van der Waals surface area contributed by atoms with Gasteiger partial charge >= 0.3 is 0 Å². The van der Waals surface area contributed by atoms with Crippen LogP contribution in [0, 0.1) is 5.41 Å². The van der Waals surface area contributed by atoms with Gasteiger partial charge in [-0.15, -0.1) is 0 Å². The minimum atomic E-state index is -2.80. The third-order valence-electron chi connectivity index (χ3n) is 3.12. The summed E-state index contributed by atoms with van der Waals surface area (Å²) in [6.07, 6.45) is 1.04. The van der Waals surface area contributed by atoms with Gasteiger partial charge in [0.05, 0.1) is 5.41 Å². The molecule has 1 nitrogen and oxygen atoms in total. The Bertz CT molecular complexity index is 357. The highest BCUT2D eigenvalue weighted by Crippen LogP contribution is 2.60. The van der Waals surface area contributed by atoms with Crippen LogP contribution in [0.15, 0.2) is 28.7 Å². The molecular formula is C11H12BrF2N. The van der Waals surface area contributed by atoms with Crippen molar-refractivity contribution < 1.29 is 8.78 Å². The van der Waals surface area contributed by atoms with E-state index in [1.807, 2.05) is 0 Å². The molecule has 0 saturated heterocycles. The third kappa shape index (κ3) is 1.70. The van der Waals surface area contributed by atoms with Crippen LogP contribution in [0.2, 0.25) is 0 Å². The summed E-state index contributed by atoms with van der Waals surface area (Å²) in [5.74, 6) is -2.80. The van der Waals surface area contributed by atoms with Crippen molar-refractivity contribution >= 4 is 15.9 Å². The van der Waals surface area contributed by atoms with E-state index < -0.39 is 11.3 Å². The average Bonchev–Trinajstić information content (AvgIpc) is 2.99. The molecule has 1 aliphatic rings. The van der Waals surface area contributed by atoms with Gasteiger partial charge in [0.15, 0.2) is 0 Å². The summed E-state index contributed by atoms with van der Waals surface area (Å²) in [6, 6.07) is 6.19. The zero-order valence-electron chi connectivity index (χ0n) is 8.14. The highest BCUT2D eigenvalue weighted by atomic mass is 79.9. The Hall–Kier alpha value is -0.480. The first-order valence-corrected chi connectivity index (χ1v) is 5.65. The summed E-state index contributed by atoms with van der Waals surface area (Å²) in [4.78, 5) is 0. The van der Waals surface area contributed by atoms with Gasteiger partial charge in [-0.1, -0.05) is 28.1 Å². The number of alkyl halides is 2. The van der Waals surface area contributed by atoms with Crippen molar-refractivity contribution in [1.29, 1.82) is 0 Å². The third-order valence-corrected chi connectivity index (χ3v) is 3.65. The molecule has 15 heavy (non-hydrogen) atoms. The van der Waals surface area contributed by atoms with E-state index in [1.165, 1.54) is 12.1 Å². The SMILES string of the molecule is NCC1(C(F)(F)c2ccc(Br)cc2)CC1. The molecule has 2 N–H and O–H groups in total. The molecule has 2 rings (SSSR count). The van der Waals surface area contributed by atoms with E-state index in [9.17, 15) is 8.78 Å². The van der Waals surface area contributed by atoms with Gasteiger partial charge < -0.3 is 5.73 Å². The number of hydrogen-bond donors (Lipinski definition) is 1. The lowest BCUT2D eigenvalue weighted by Gasteiger charge is -2.25. The number of benzene rings is 1. The molecule has 4 heteroatoms. The highest BCUT2D eigenvalue weighted by molar-refractivity contribution is 9.10. The molecule has 0 spiro atoms. The van der Waals surface area contributed by atoms with E-state index >= 15 is 0 Å². The molecule has 0 aliphatic heterocycles. The van der Waals surface area contributed by atoms with Gasteiger partial charge in [-0.2, -0.15) is 0 Å². The molecule has 0 bridgehead atoms. The fourth-order valence-corrected chi connectivity index (χ4v) is 2.03. The molecule has 1 fully saturated rings. The van der Waals surface area contributed by atoms with Crippen molar-refractivity contribution in [2.75, 3.05) is 6.54 Å². The van der Waals surface area contributed by atoms with Gasteiger partial charge in [0, 0.05) is 16.6 Å². The Labute approximate surface area is 95.8 Å². The van der Waals surface area contributed by atoms with Gasteiger partial charge in [-0.25, -0.2) is 8.78 Å². The van der Waals surface area contributed by atoms with Crippen molar-refractivity contribution in [2.24, 2.45) is 11.1 Å². The predicted molar refractivity (Wildman–Crippen MR) is 58.8 cm³/mol. The molecule has 0 unspecified atom stereocenters. The lowest BCUT2D eigenvalue weighted by molar-refractivity contribution is -0.0762. The van der Waals surface area contributed by atoms with Gasteiger partial charge in [0.1, 0.15) is 0 Å². The smallest absolute Gasteiger partial charge is 0.279 e. The Kier molecular flexibility index (Phi) is 2.59. The standard InChI is InChI=1S/C11H12BrF2N/c12-9-3-1-8(2-4-9)11(13,14)10(7-15)5-6-10/h1-4H,5-7,15H2. The van der Waals surface area contributed by atoms with Crippen LogP contribution < -0.4 is 5.73 Å². The van der Waals surface area contributed by atoms with Gasteiger partial charge in [-0.3, -0.25) is 0 Å². The topological polar surface area (TPSA) is 26.0 Å². The molecule has 1 aromatic rings. The molecule has 1 aliphatic carbocycles. The summed E-state index contributed by atoms with van der Waals surface area (Å²) in [5, 5.41) is 0. The summed E-state index contributed by atoms with van der Waals surface area (Å²) >= 11 is 3.23. The summed E-state index contributed by atoms with van der Waals surface area (Å²) < 4.78 is 28.9. The summed E-state index contributed by atoms with van der Waals surface area (Å²) in [5.41, 5.74) is 4.51. The minimum Gasteiger partial charge on any atom is -0.330 e. The van der Waals surface area contributed by atoms with Crippen molar-refractivity contribution in [3.8, 4) is 0 Å². The van der Waals surface area contributed by atoms with Crippen LogP contribution >= 0.6 is 15.9 Å². The molecule has 1 saturated carbocycles. The normalized spacial score (nSPS) is 18.9. The van der Waals surface area contributed by atoms with Crippen molar-refractivity contribution in [2.45, 2.75) is 18.8 Å². The van der Waals surface area contributed by atoms with Crippen LogP contribution in [0.25, 0.3) is 0 Å². The second-order valence-electron chi connectivity index (χ2n) is 4.07. The van der Waals surface area contributed by atoms with E-state index in [4.69, 9.17) is 5.73 Å². The maximum Gasteiger partial charge on any atom is 0.279 e.